The molecule has 0 spiro atoms. The van der Waals surface area contributed by atoms with Gasteiger partial charge in [0.1, 0.15) is 0 Å². The van der Waals surface area contributed by atoms with Crippen molar-refractivity contribution in [3.63, 3.8) is 0 Å². The van der Waals surface area contributed by atoms with E-state index in [1.165, 1.54) is 0 Å². The van der Waals surface area contributed by atoms with E-state index in [2.05, 4.69) is 0 Å². The summed E-state index contributed by atoms with van der Waals surface area (Å²) in [4.78, 5) is 0. The summed E-state index contributed by atoms with van der Waals surface area (Å²) in [6.07, 6.45) is -4.43. The Morgan fingerprint density at radius 3 is 1.80 bits per heavy atom. The standard InChI is InChI=1S/C4H9F3O2S/c1-10(8,9)3-2-4(5,6)7/h8-9H,2-3H2,1H3. The molecule has 0 radical (unpaired) electrons. The third kappa shape index (κ3) is 8.06. The Morgan fingerprint density at radius 2 is 1.70 bits per heavy atom. The molecule has 0 aliphatic rings. The van der Waals surface area contributed by atoms with Gasteiger partial charge in [-0.25, -0.2) is 0 Å². The van der Waals surface area contributed by atoms with E-state index >= 15 is 0 Å². The van der Waals surface area contributed by atoms with Crippen molar-refractivity contribution >= 4 is 10.6 Å². The van der Waals surface area contributed by atoms with Gasteiger partial charge in [-0.2, -0.15) is 23.8 Å². The third-order valence-electron chi connectivity index (χ3n) is 0.772. The number of rotatable bonds is 2. The highest BCUT2D eigenvalue weighted by atomic mass is 32.3. The molecule has 0 aromatic carbocycles. The second kappa shape index (κ2) is 2.98. The lowest BCUT2D eigenvalue weighted by molar-refractivity contribution is -0.130. The van der Waals surface area contributed by atoms with Crippen LogP contribution in [0.3, 0.4) is 0 Å². The molecule has 64 valence electrons. The fourth-order valence-corrected chi connectivity index (χ4v) is 0.927. The lowest BCUT2D eigenvalue weighted by atomic mass is 10.5. The average molecular weight is 178 g/mol. The molecular weight excluding hydrogens is 169 g/mol. The Morgan fingerprint density at radius 1 is 1.30 bits per heavy atom. The van der Waals surface area contributed by atoms with Crippen molar-refractivity contribution in [1.82, 2.24) is 0 Å². The van der Waals surface area contributed by atoms with Crippen LogP contribution in [0.2, 0.25) is 0 Å². The van der Waals surface area contributed by atoms with E-state index in [1.54, 1.807) is 0 Å². The van der Waals surface area contributed by atoms with Crippen LogP contribution in [-0.2, 0) is 0 Å². The van der Waals surface area contributed by atoms with Crippen molar-refractivity contribution in [3.05, 3.63) is 0 Å². The summed E-state index contributed by atoms with van der Waals surface area (Å²) in [5.74, 6) is -0.601. The Hall–Kier alpha value is 0.0600. The average Bonchev–Trinajstić information content (AvgIpc) is 1.57. The van der Waals surface area contributed by atoms with Gasteiger partial charge in [0.05, 0.1) is 6.42 Å². The minimum absolute atomic E-state index is 0.601. The van der Waals surface area contributed by atoms with Crippen LogP contribution >= 0.6 is 10.6 Å². The molecule has 0 unspecified atom stereocenters. The second-order valence-electron chi connectivity index (χ2n) is 2.06. The third-order valence-corrected chi connectivity index (χ3v) is 1.75. The molecular formula is C4H9F3O2S. The number of hydrogen-bond acceptors (Lipinski definition) is 2. The molecule has 0 heterocycles. The fraction of sp³-hybridized carbons (Fsp3) is 1.00. The van der Waals surface area contributed by atoms with Gasteiger partial charge >= 0.3 is 6.18 Å². The lowest BCUT2D eigenvalue weighted by Gasteiger charge is -2.26. The minimum Gasteiger partial charge on any atom is -0.300 e. The molecule has 0 amide bonds. The molecule has 0 saturated carbocycles. The molecule has 0 aliphatic carbocycles. The largest absolute Gasteiger partial charge is 0.390 e. The Balaban J connectivity index is 3.56. The van der Waals surface area contributed by atoms with Crippen LogP contribution in [0.4, 0.5) is 13.2 Å². The van der Waals surface area contributed by atoms with E-state index in [0.717, 1.165) is 6.26 Å². The normalized spacial score (nSPS) is 15.4. The van der Waals surface area contributed by atoms with Gasteiger partial charge in [0.2, 0.25) is 0 Å². The van der Waals surface area contributed by atoms with Crippen molar-refractivity contribution in [1.29, 1.82) is 0 Å². The summed E-state index contributed by atoms with van der Waals surface area (Å²) >= 11 is 0. The first-order valence-corrected chi connectivity index (χ1v) is 4.61. The zero-order valence-corrected chi connectivity index (χ0v) is 6.17. The van der Waals surface area contributed by atoms with Crippen LogP contribution < -0.4 is 0 Å². The summed E-state index contributed by atoms with van der Waals surface area (Å²) in [6, 6.07) is 0. The highest BCUT2D eigenvalue weighted by Gasteiger charge is 2.28. The molecule has 0 fully saturated rings. The molecule has 0 aliphatic heterocycles. The van der Waals surface area contributed by atoms with Crippen LogP contribution in [0.1, 0.15) is 6.42 Å². The van der Waals surface area contributed by atoms with Gasteiger partial charge in [-0.05, 0) is 0 Å². The quantitative estimate of drug-likeness (QED) is 0.681. The maximum Gasteiger partial charge on any atom is 0.390 e. The highest BCUT2D eigenvalue weighted by molar-refractivity contribution is 8.23. The van der Waals surface area contributed by atoms with Gasteiger partial charge in [-0.1, -0.05) is 0 Å². The second-order valence-corrected chi connectivity index (χ2v) is 4.46. The van der Waals surface area contributed by atoms with Crippen molar-refractivity contribution in [3.8, 4) is 0 Å². The van der Waals surface area contributed by atoms with Gasteiger partial charge in [0.25, 0.3) is 0 Å². The molecule has 0 bridgehead atoms. The van der Waals surface area contributed by atoms with E-state index < -0.39 is 28.9 Å². The first-order chi connectivity index (χ1) is 4.21. The molecule has 0 aromatic heterocycles. The molecule has 0 atom stereocenters. The van der Waals surface area contributed by atoms with E-state index in [4.69, 9.17) is 9.11 Å². The van der Waals surface area contributed by atoms with E-state index in [9.17, 15) is 13.2 Å². The van der Waals surface area contributed by atoms with Crippen LogP contribution in [0, 0.1) is 0 Å². The first-order valence-electron chi connectivity index (χ1n) is 2.48. The first kappa shape index (κ1) is 10.1. The van der Waals surface area contributed by atoms with Crippen molar-refractivity contribution in [2.75, 3.05) is 12.0 Å². The maximum absolute atomic E-state index is 11.4. The van der Waals surface area contributed by atoms with E-state index in [0.29, 0.717) is 0 Å². The summed E-state index contributed by atoms with van der Waals surface area (Å²) in [5.41, 5.74) is 0. The molecule has 0 saturated heterocycles. The zero-order valence-electron chi connectivity index (χ0n) is 5.35. The molecule has 2 nitrogen and oxygen atoms in total. The SMILES string of the molecule is CS(O)(O)CCC(F)(F)F. The van der Waals surface area contributed by atoms with Gasteiger partial charge in [0.15, 0.2) is 0 Å². The fourth-order valence-electron chi connectivity index (χ4n) is 0.309. The van der Waals surface area contributed by atoms with Gasteiger partial charge in [0, 0.05) is 12.0 Å². The highest BCUT2D eigenvalue weighted by Crippen LogP contribution is 2.37. The van der Waals surface area contributed by atoms with Crippen LogP contribution in [0.25, 0.3) is 0 Å². The predicted octanol–water partition coefficient (Wildman–Crippen LogP) is 2.32. The van der Waals surface area contributed by atoms with Crippen LogP contribution in [0.5, 0.6) is 0 Å². The Labute approximate surface area is 58.4 Å². The molecule has 0 rings (SSSR count). The van der Waals surface area contributed by atoms with Crippen LogP contribution in [-0.4, -0.2) is 27.3 Å². The predicted molar refractivity (Wildman–Crippen MR) is 34.3 cm³/mol. The van der Waals surface area contributed by atoms with E-state index in [-0.39, 0.29) is 0 Å². The van der Waals surface area contributed by atoms with Gasteiger partial charge < -0.3 is 0 Å². The van der Waals surface area contributed by atoms with Gasteiger partial charge in [-0.3, -0.25) is 9.11 Å². The topological polar surface area (TPSA) is 40.5 Å². The summed E-state index contributed by atoms with van der Waals surface area (Å²) in [6.45, 7) is 0. The molecule has 6 heteroatoms. The van der Waals surface area contributed by atoms with Crippen LogP contribution in [0.15, 0.2) is 0 Å². The summed E-state index contributed by atoms with van der Waals surface area (Å²) < 4.78 is 51.2. The van der Waals surface area contributed by atoms with Crippen molar-refractivity contribution < 1.29 is 22.3 Å². The molecule has 10 heavy (non-hydrogen) atoms. The zero-order chi connectivity index (χ0) is 8.41. The van der Waals surface area contributed by atoms with E-state index in [1.807, 2.05) is 0 Å². The van der Waals surface area contributed by atoms with Crippen molar-refractivity contribution in [2.24, 2.45) is 0 Å². The summed E-state index contributed by atoms with van der Waals surface area (Å²) in [5, 5.41) is 0. The lowest BCUT2D eigenvalue weighted by Crippen LogP contribution is -2.13. The Bertz CT molecular complexity index is 92.1. The number of halogens is 3. The minimum atomic E-state index is -4.29. The molecule has 2 N–H and O–H groups in total. The monoisotopic (exact) mass is 178 g/mol. The maximum atomic E-state index is 11.4. The number of hydrogen-bond donors (Lipinski definition) is 2. The summed E-state index contributed by atoms with van der Waals surface area (Å²) in [7, 11) is -2.98. The van der Waals surface area contributed by atoms with Crippen molar-refractivity contribution in [2.45, 2.75) is 12.6 Å². The number of alkyl halides is 3. The molecule has 0 aromatic rings. The smallest absolute Gasteiger partial charge is 0.300 e. The Kier molecular flexibility index (Phi) is 3.00. The van der Waals surface area contributed by atoms with Gasteiger partial charge in [-0.15, -0.1) is 0 Å².